The average Bonchev–Trinajstić information content (AvgIpc) is 2.94. The van der Waals surface area contributed by atoms with E-state index >= 15 is 0 Å². The third kappa shape index (κ3) is 2.97. The van der Waals surface area contributed by atoms with E-state index in [4.69, 9.17) is 4.42 Å². The van der Waals surface area contributed by atoms with E-state index < -0.39 is 0 Å². The van der Waals surface area contributed by atoms with E-state index in [9.17, 15) is 4.79 Å². The smallest absolute Gasteiger partial charge is 0.254 e. The number of hydrogen-bond acceptors (Lipinski definition) is 3. The number of furan rings is 1. The number of benzene rings is 1. The Bertz CT molecular complexity index is 824. The third-order valence-corrected chi connectivity index (χ3v) is 4.09. The predicted octanol–water partition coefficient (Wildman–Crippen LogP) is 4.36. The molecule has 118 valence electrons. The van der Waals surface area contributed by atoms with Gasteiger partial charge in [-0.25, -0.2) is 0 Å². The lowest BCUT2D eigenvalue weighted by atomic mass is 10.1. The van der Waals surface area contributed by atoms with Gasteiger partial charge in [-0.15, -0.1) is 0 Å². The maximum Gasteiger partial charge on any atom is 0.254 e. The zero-order valence-electron chi connectivity index (χ0n) is 13.6. The van der Waals surface area contributed by atoms with Gasteiger partial charge in [-0.05, 0) is 49.7 Å². The molecule has 0 saturated heterocycles. The largest absolute Gasteiger partial charge is 0.461 e. The number of carbonyl (C=O) groups excluding carboxylic acids is 1. The first-order valence-corrected chi connectivity index (χ1v) is 7.78. The third-order valence-electron chi connectivity index (χ3n) is 4.09. The summed E-state index contributed by atoms with van der Waals surface area (Å²) in [6.45, 7) is 3.97. The lowest BCUT2D eigenvalue weighted by Gasteiger charge is -2.27. The van der Waals surface area contributed by atoms with Gasteiger partial charge in [0.2, 0.25) is 0 Å². The van der Waals surface area contributed by atoms with E-state index in [2.05, 4.69) is 11.9 Å². The van der Waals surface area contributed by atoms with Crippen LogP contribution >= 0.6 is 0 Å². The number of aromatic nitrogens is 1. The van der Waals surface area contributed by atoms with E-state index in [0.29, 0.717) is 5.56 Å². The molecule has 0 N–H and O–H groups in total. The van der Waals surface area contributed by atoms with Gasteiger partial charge in [-0.1, -0.05) is 13.0 Å². The number of fused-ring (bicyclic) bond motifs is 1. The van der Waals surface area contributed by atoms with E-state index in [0.717, 1.165) is 28.8 Å². The number of aryl methyl sites for hydroxylation is 1. The minimum absolute atomic E-state index is 0.0109. The first kappa shape index (κ1) is 15.3. The molecule has 0 aliphatic carbocycles. The molecule has 23 heavy (non-hydrogen) atoms. The minimum atomic E-state index is -0.0366. The van der Waals surface area contributed by atoms with Crippen LogP contribution in [0.3, 0.4) is 0 Å². The standard InChI is InChI=1S/C19H20N2O2/c1-4-17(16-7-5-6-10-20-16)21(3)19(22)14-8-9-18-15(12-14)11-13(2)23-18/h5-12,17H,4H2,1-3H3. The van der Waals surface area contributed by atoms with Crippen molar-refractivity contribution < 1.29 is 9.21 Å². The maximum absolute atomic E-state index is 12.8. The molecular formula is C19H20N2O2. The van der Waals surface area contributed by atoms with Gasteiger partial charge in [0.05, 0.1) is 11.7 Å². The molecule has 1 amide bonds. The van der Waals surface area contributed by atoms with Gasteiger partial charge in [0, 0.05) is 24.2 Å². The molecule has 0 aliphatic heterocycles. The van der Waals surface area contributed by atoms with Crippen LogP contribution in [0.25, 0.3) is 11.0 Å². The van der Waals surface area contributed by atoms with Gasteiger partial charge >= 0.3 is 0 Å². The van der Waals surface area contributed by atoms with Crippen LogP contribution in [0.2, 0.25) is 0 Å². The topological polar surface area (TPSA) is 46.3 Å². The fraction of sp³-hybridized carbons (Fsp3) is 0.263. The lowest BCUT2D eigenvalue weighted by Crippen LogP contribution is -2.31. The molecule has 3 aromatic rings. The van der Waals surface area contributed by atoms with E-state index in [1.54, 1.807) is 11.1 Å². The monoisotopic (exact) mass is 308 g/mol. The van der Waals surface area contributed by atoms with Gasteiger partial charge in [0.1, 0.15) is 11.3 Å². The second-order valence-corrected chi connectivity index (χ2v) is 5.70. The zero-order chi connectivity index (χ0) is 16.4. The molecule has 0 radical (unpaired) electrons. The molecule has 0 fully saturated rings. The number of amides is 1. The molecule has 4 heteroatoms. The quantitative estimate of drug-likeness (QED) is 0.719. The highest BCUT2D eigenvalue weighted by Gasteiger charge is 2.22. The molecule has 4 nitrogen and oxygen atoms in total. The van der Waals surface area contributed by atoms with E-state index in [-0.39, 0.29) is 11.9 Å². The van der Waals surface area contributed by atoms with Crippen molar-refractivity contribution in [3.63, 3.8) is 0 Å². The summed E-state index contributed by atoms with van der Waals surface area (Å²) in [6, 6.07) is 13.3. The Labute approximate surface area is 135 Å². The summed E-state index contributed by atoms with van der Waals surface area (Å²) in [5, 5.41) is 0.952. The van der Waals surface area contributed by atoms with Crippen LogP contribution in [0.1, 0.15) is 41.2 Å². The van der Waals surface area contributed by atoms with E-state index in [1.807, 2.05) is 56.4 Å². The second kappa shape index (κ2) is 6.24. The molecule has 1 unspecified atom stereocenters. The average molecular weight is 308 g/mol. The Morgan fingerprint density at radius 2 is 2.09 bits per heavy atom. The van der Waals surface area contributed by atoms with Crippen LogP contribution in [0.4, 0.5) is 0 Å². The number of nitrogens with zero attached hydrogens (tertiary/aromatic N) is 2. The fourth-order valence-electron chi connectivity index (χ4n) is 2.91. The van der Waals surface area contributed by atoms with Crippen LogP contribution in [0.5, 0.6) is 0 Å². The maximum atomic E-state index is 12.8. The van der Waals surface area contributed by atoms with Gasteiger partial charge in [0.15, 0.2) is 0 Å². The summed E-state index contributed by atoms with van der Waals surface area (Å²) in [5.41, 5.74) is 2.37. The summed E-state index contributed by atoms with van der Waals surface area (Å²) >= 11 is 0. The Morgan fingerprint density at radius 1 is 1.26 bits per heavy atom. The molecule has 0 aliphatic rings. The Kier molecular flexibility index (Phi) is 4.15. The Balaban J connectivity index is 1.90. The van der Waals surface area contributed by atoms with Crippen molar-refractivity contribution in [1.29, 1.82) is 0 Å². The molecule has 0 saturated carbocycles. The highest BCUT2D eigenvalue weighted by Crippen LogP contribution is 2.25. The number of rotatable bonds is 4. The molecule has 2 aromatic heterocycles. The molecular weight excluding hydrogens is 288 g/mol. The van der Waals surface area contributed by atoms with Crippen molar-refractivity contribution in [3.05, 3.63) is 65.7 Å². The van der Waals surface area contributed by atoms with Crippen molar-refractivity contribution in [2.75, 3.05) is 7.05 Å². The summed E-state index contributed by atoms with van der Waals surface area (Å²) in [5.74, 6) is 0.834. The number of carbonyl (C=O) groups is 1. The zero-order valence-corrected chi connectivity index (χ0v) is 13.6. The number of pyridine rings is 1. The first-order valence-electron chi connectivity index (χ1n) is 7.78. The SMILES string of the molecule is CCC(c1ccccn1)N(C)C(=O)c1ccc2oc(C)cc2c1. The van der Waals surface area contributed by atoms with Gasteiger partial charge in [0.25, 0.3) is 5.91 Å². The fourth-order valence-corrected chi connectivity index (χ4v) is 2.91. The first-order chi connectivity index (χ1) is 11.1. The van der Waals surface area contributed by atoms with Crippen LogP contribution in [-0.4, -0.2) is 22.8 Å². The molecule has 0 bridgehead atoms. The van der Waals surface area contributed by atoms with Crippen molar-refractivity contribution in [2.45, 2.75) is 26.3 Å². The van der Waals surface area contributed by atoms with Crippen molar-refractivity contribution in [2.24, 2.45) is 0 Å². The molecule has 0 spiro atoms. The summed E-state index contributed by atoms with van der Waals surface area (Å²) in [4.78, 5) is 19.0. The molecule has 3 rings (SSSR count). The van der Waals surface area contributed by atoms with Crippen LogP contribution in [0.15, 0.2) is 53.1 Å². The highest BCUT2D eigenvalue weighted by molar-refractivity contribution is 5.97. The minimum Gasteiger partial charge on any atom is -0.461 e. The summed E-state index contributed by atoms with van der Waals surface area (Å²) in [6.07, 6.45) is 2.57. The second-order valence-electron chi connectivity index (χ2n) is 5.70. The van der Waals surface area contributed by atoms with E-state index in [1.165, 1.54) is 0 Å². The molecule has 1 atom stereocenters. The normalized spacial score (nSPS) is 12.3. The molecule has 1 aromatic carbocycles. The number of hydrogen-bond donors (Lipinski definition) is 0. The summed E-state index contributed by atoms with van der Waals surface area (Å²) < 4.78 is 5.57. The van der Waals surface area contributed by atoms with Gasteiger partial charge in [-0.2, -0.15) is 0 Å². The molecule has 2 heterocycles. The van der Waals surface area contributed by atoms with Gasteiger partial charge < -0.3 is 9.32 Å². The van der Waals surface area contributed by atoms with Crippen LogP contribution in [-0.2, 0) is 0 Å². The lowest BCUT2D eigenvalue weighted by molar-refractivity contribution is 0.0723. The van der Waals surface area contributed by atoms with Crippen LogP contribution in [0, 0.1) is 6.92 Å². The Morgan fingerprint density at radius 3 is 2.78 bits per heavy atom. The Hall–Kier alpha value is -2.62. The van der Waals surface area contributed by atoms with Crippen molar-refractivity contribution >= 4 is 16.9 Å². The summed E-state index contributed by atoms with van der Waals surface area (Å²) in [7, 11) is 1.83. The van der Waals surface area contributed by atoms with Gasteiger partial charge in [-0.3, -0.25) is 9.78 Å². The highest BCUT2D eigenvalue weighted by atomic mass is 16.3. The van der Waals surface area contributed by atoms with Crippen LogP contribution < -0.4 is 0 Å². The predicted molar refractivity (Wildman–Crippen MR) is 90.3 cm³/mol. The van der Waals surface area contributed by atoms with Crippen molar-refractivity contribution in [3.8, 4) is 0 Å². The van der Waals surface area contributed by atoms with Crippen molar-refractivity contribution in [1.82, 2.24) is 9.88 Å².